The van der Waals surface area contributed by atoms with Crippen molar-refractivity contribution in [2.24, 2.45) is 0 Å². The van der Waals surface area contributed by atoms with Crippen molar-refractivity contribution < 1.29 is 0 Å². The zero-order chi connectivity index (χ0) is 15.3. The van der Waals surface area contributed by atoms with Crippen LogP contribution in [0.3, 0.4) is 0 Å². The molecule has 0 aromatic heterocycles. The predicted octanol–water partition coefficient (Wildman–Crippen LogP) is 6.04. The van der Waals surface area contributed by atoms with E-state index >= 15 is 0 Å². The highest BCUT2D eigenvalue weighted by Gasteiger charge is 2.47. The van der Waals surface area contributed by atoms with Crippen LogP contribution < -0.4 is 0 Å². The summed E-state index contributed by atoms with van der Waals surface area (Å²) in [5, 5.41) is 0. The highest BCUT2D eigenvalue weighted by atomic mass is 14.5. The quantitative estimate of drug-likeness (QED) is 0.602. The van der Waals surface area contributed by atoms with Crippen molar-refractivity contribution in [2.45, 2.75) is 56.8 Å². The summed E-state index contributed by atoms with van der Waals surface area (Å²) in [7, 11) is 0. The minimum absolute atomic E-state index is 0.381. The normalized spacial score (nSPS) is 25.7. The van der Waals surface area contributed by atoms with Gasteiger partial charge in [0.15, 0.2) is 0 Å². The number of hydrogen-bond acceptors (Lipinski definition) is 0. The first-order chi connectivity index (χ1) is 11.4. The fourth-order valence-electron chi connectivity index (χ4n) is 5.58. The van der Waals surface area contributed by atoms with Crippen LogP contribution in [-0.4, -0.2) is 0 Å². The second-order valence-corrected chi connectivity index (χ2v) is 7.56. The molecule has 0 nitrogen and oxygen atoms in total. The van der Waals surface area contributed by atoms with Gasteiger partial charge in [-0.25, -0.2) is 0 Å². The van der Waals surface area contributed by atoms with E-state index in [4.69, 9.17) is 0 Å². The van der Waals surface area contributed by atoms with E-state index in [2.05, 4.69) is 48.5 Å². The molecule has 23 heavy (non-hydrogen) atoms. The molecule has 0 saturated heterocycles. The number of allylic oxidation sites excluding steroid dienone is 1. The van der Waals surface area contributed by atoms with Gasteiger partial charge in [0.05, 0.1) is 0 Å². The Balaban J connectivity index is 1.84. The monoisotopic (exact) mass is 300 g/mol. The van der Waals surface area contributed by atoms with Crippen molar-refractivity contribution in [2.75, 3.05) is 0 Å². The van der Waals surface area contributed by atoms with Crippen LogP contribution in [0.5, 0.6) is 0 Å². The Hall–Kier alpha value is -1.82. The largest absolute Gasteiger partial charge is 0.0622 e. The first-order valence-corrected chi connectivity index (χ1v) is 9.32. The maximum atomic E-state index is 2.41. The van der Waals surface area contributed by atoms with E-state index in [1.165, 1.54) is 56.9 Å². The number of rotatable bonds is 1. The molecule has 0 heteroatoms. The Morgan fingerprint density at radius 3 is 2.30 bits per heavy atom. The lowest BCUT2D eigenvalue weighted by molar-refractivity contribution is 0.362. The minimum Gasteiger partial charge on any atom is -0.0622 e. The van der Waals surface area contributed by atoms with Gasteiger partial charge in [0.2, 0.25) is 0 Å². The van der Waals surface area contributed by atoms with Gasteiger partial charge in [0, 0.05) is 5.41 Å². The Kier molecular flexibility index (Phi) is 3.01. The van der Waals surface area contributed by atoms with Crippen LogP contribution in [0.1, 0.15) is 67.2 Å². The molecule has 2 aromatic rings. The van der Waals surface area contributed by atoms with E-state index in [1.807, 2.05) is 0 Å². The molecule has 0 aliphatic heterocycles. The standard InChI is InChI=1S/C23H24/c1-2-9-17(10-3-1)21-19-13-8-12-18-11-4-6-15-23(22(18)19)16-7-5-14-20(21)23/h1-3,8-10,12-13H,4-7,11,14-16H2. The van der Waals surface area contributed by atoms with E-state index in [0.29, 0.717) is 5.41 Å². The fourth-order valence-corrected chi connectivity index (χ4v) is 5.58. The second kappa shape index (κ2) is 5.09. The van der Waals surface area contributed by atoms with Gasteiger partial charge in [0.25, 0.3) is 0 Å². The SMILES string of the molecule is c1ccc(C2=C3CCCCC34CCCCc3cccc2c34)cc1. The summed E-state index contributed by atoms with van der Waals surface area (Å²) in [4.78, 5) is 0. The fraction of sp³-hybridized carbons (Fsp3) is 0.391. The van der Waals surface area contributed by atoms with Crippen molar-refractivity contribution in [3.05, 3.63) is 76.4 Å². The van der Waals surface area contributed by atoms with Crippen LogP contribution in [0.4, 0.5) is 0 Å². The predicted molar refractivity (Wildman–Crippen MR) is 96.6 cm³/mol. The smallest absolute Gasteiger partial charge is 0.0180 e. The first-order valence-electron chi connectivity index (χ1n) is 9.32. The lowest BCUT2D eigenvalue weighted by atomic mass is 9.65. The van der Waals surface area contributed by atoms with Gasteiger partial charge in [-0.1, -0.05) is 66.9 Å². The van der Waals surface area contributed by atoms with Crippen molar-refractivity contribution in [3.8, 4) is 0 Å². The molecule has 0 heterocycles. The van der Waals surface area contributed by atoms with Gasteiger partial charge in [0.1, 0.15) is 0 Å². The third kappa shape index (κ3) is 1.84. The van der Waals surface area contributed by atoms with E-state index < -0.39 is 0 Å². The zero-order valence-corrected chi connectivity index (χ0v) is 13.8. The maximum Gasteiger partial charge on any atom is 0.0180 e. The van der Waals surface area contributed by atoms with Gasteiger partial charge in [-0.2, -0.15) is 0 Å². The third-order valence-corrected chi connectivity index (χ3v) is 6.42. The molecule has 116 valence electrons. The molecule has 3 aliphatic carbocycles. The van der Waals surface area contributed by atoms with E-state index in [9.17, 15) is 0 Å². The Morgan fingerprint density at radius 2 is 1.48 bits per heavy atom. The van der Waals surface area contributed by atoms with Gasteiger partial charge < -0.3 is 0 Å². The van der Waals surface area contributed by atoms with Crippen LogP contribution in [-0.2, 0) is 11.8 Å². The molecule has 5 rings (SSSR count). The van der Waals surface area contributed by atoms with Crippen molar-refractivity contribution in [1.29, 1.82) is 0 Å². The molecule has 1 fully saturated rings. The number of aryl methyl sites for hydroxylation is 1. The van der Waals surface area contributed by atoms with E-state index in [0.717, 1.165) is 0 Å². The molecule has 3 aliphatic rings. The van der Waals surface area contributed by atoms with Gasteiger partial charge in [-0.3, -0.25) is 0 Å². The molecule has 1 saturated carbocycles. The summed E-state index contributed by atoms with van der Waals surface area (Å²) in [6, 6.07) is 18.3. The van der Waals surface area contributed by atoms with Gasteiger partial charge in [-0.15, -0.1) is 0 Å². The van der Waals surface area contributed by atoms with E-state index in [-0.39, 0.29) is 0 Å². The zero-order valence-electron chi connectivity index (χ0n) is 13.8. The third-order valence-electron chi connectivity index (χ3n) is 6.42. The van der Waals surface area contributed by atoms with Crippen LogP contribution in [0.2, 0.25) is 0 Å². The highest BCUT2D eigenvalue weighted by Crippen LogP contribution is 2.59. The van der Waals surface area contributed by atoms with Gasteiger partial charge >= 0.3 is 0 Å². The first kappa shape index (κ1) is 13.6. The Labute approximate surface area is 139 Å². The van der Waals surface area contributed by atoms with Crippen molar-refractivity contribution >= 4 is 5.57 Å². The summed E-state index contributed by atoms with van der Waals surface area (Å²) in [6.07, 6.45) is 10.9. The molecule has 2 aromatic carbocycles. The summed E-state index contributed by atoms with van der Waals surface area (Å²) >= 11 is 0. The van der Waals surface area contributed by atoms with Gasteiger partial charge in [-0.05, 0) is 66.4 Å². The lowest BCUT2D eigenvalue weighted by Gasteiger charge is -2.38. The van der Waals surface area contributed by atoms with Crippen LogP contribution in [0.25, 0.3) is 5.57 Å². The Morgan fingerprint density at radius 1 is 0.696 bits per heavy atom. The molecule has 0 N–H and O–H groups in total. The molecular weight excluding hydrogens is 276 g/mol. The number of benzene rings is 2. The average molecular weight is 300 g/mol. The van der Waals surface area contributed by atoms with Crippen molar-refractivity contribution in [3.63, 3.8) is 0 Å². The minimum atomic E-state index is 0.381. The Bertz CT molecular complexity index is 781. The van der Waals surface area contributed by atoms with Crippen LogP contribution >= 0.6 is 0 Å². The van der Waals surface area contributed by atoms with Crippen LogP contribution in [0, 0.1) is 0 Å². The highest BCUT2D eigenvalue weighted by molar-refractivity contribution is 5.91. The van der Waals surface area contributed by atoms with Crippen molar-refractivity contribution in [1.82, 2.24) is 0 Å². The summed E-state index contributed by atoms with van der Waals surface area (Å²) in [5.74, 6) is 0. The maximum absolute atomic E-state index is 2.41. The summed E-state index contributed by atoms with van der Waals surface area (Å²) in [6.45, 7) is 0. The summed E-state index contributed by atoms with van der Waals surface area (Å²) < 4.78 is 0. The average Bonchev–Trinajstić information content (AvgIpc) is 2.78. The molecular formula is C23H24. The topological polar surface area (TPSA) is 0 Å². The van der Waals surface area contributed by atoms with E-state index in [1.54, 1.807) is 27.8 Å². The second-order valence-electron chi connectivity index (χ2n) is 7.56. The summed E-state index contributed by atoms with van der Waals surface area (Å²) in [5.41, 5.74) is 10.1. The number of hydrogen-bond donors (Lipinski definition) is 0. The molecule has 0 radical (unpaired) electrons. The molecule has 1 spiro atoms. The lowest BCUT2D eigenvalue weighted by Crippen LogP contribution is -2.29. The molecule has 1 atom stereocenters. The van der Waals surface area contributed by atoms with Crippen LogP contribution in [0.15, 0.2) is 54.1 Å². The molecule has 0 bridgehead atoms. The molecule has 0 amide bonds. The molecule has 1 unspecified atom stereocenters.